The van der Waals surface area contributed by atoms with Crippen LogP contribution < -0.4 is 14.9 Å². The van der Waals surface area contributed by atoms with Crippen molar-refractivity contribution in [3.05, 3.63) is 95.6 Å². The van der Waals surface area contributed by atoms with Crippen molar-refractivity contribution in [3.8, 4) is 22.7 Å². The lowest BCUT2D eigenvalue weighted by atomic mass is 10.1. The predicted octanol–water partition coefficient (Wildman–Crippen LogP) is 4.41. The number of amides is 1. The molecular weight excluding hydrogens is 526 g/mol. The molecule has 0 spiro atoms. The van der Waals surface area contributed by atoms with Gasteiger partial charge in [0.25, 0.3) is 5.91 Å². The van der Waals surface area contributed by atoms with Crippen molar-refractivity contribution in [1.82, 2.24) is 19.9 Å². The van der Waals surface area contributed by atoms with Crippen molar-refractivity contribution in [2.24, 2.45) is 5.10 Å². The number of nitrogens with zero attached hydrogens (tertiary/aromatic N) is 3. The first-order valence-electron chi connectivity index (χ1n) is 11.8. The fraction of sp³-hybridized carbons (Fsp3) is 0.148. The molecule has 1 heterocycles. The van der Waals surface area contributed by atoms with E-state index in [-0.39, 0.29) is 4.90 Å². The van der Waals surface area contributed by atoms with E-state index in [1.54, 1.807) is 10.9 Å². The zero-order chi connectivity index (χ0) is 27.0. The summed E-state index contributed by atoms with van der Waals surface area (Å²) in [6.07, 6.45) is 4.18. The summed E-state index contributed by atoms with van der Waals surface area (Å²) in [5, 5.41) is 9.15. The van der Waals surface area contributed by atoms with Crippen molar-refractivity contribution >= 4 is 33.7 Å². The molecule has 38 heavy (non-hydrogen) atoms. The average molecular weight is 552 g/mol. The van der Waals surface area contributed by atoms with E-state index in [2.05, 4.69) is 15.2 Å². The van der Waals surface area contributed by atoms with Crippen LogP contribution in [0.5, 0.6) is 5.75 Å². The average Bonchev–Trinajstić information content (AvgIpc) is 3.36. The molecule has 0 unspecified atom stereocenters. The molecule has 11 heteroatoms. The monoisotopic (exact) mass is 551 g/mol. The normalized spacial score (nSPS) is 11.5. The number of ether oxygens (including phenoxy) is 1. The molecule has 0 radical (unpaired) electrons. The zero-order valence-corrected chi connectivity index (χ0v) is 22.1. The Hall–Kier alpha value is -3.99. The first kappa shape index (κ1) is 27.1. The van der Waals surface area contributed by atoms with Gasteiger partial charge in [0.05, 0.1) is 29.9 Å². The van der Waals surface area contributed by atoms with Gasteiger partial charge in [0.15, 0.2) is 0 Å². The lowest BCUT2D eigenvalue weighted by molar-refractivity contribution is -0.119. The van der Waals surface area contributed by atoms with Gasteiger partial charge in [0.2, 0.25) is 10.0 Å². The van der Waals surface area contributed by atoms with Crippen molar-refractivity contribution in [2.45, 2.75) is 18.2 Å². The van der Waals surface area contributed by atoms with Crippen LogP contribution in [-0.4, -0.2) is 43.5 Å². The summed E-state index contributed by atoms with van der Waals surface area (Å²) in [5.41, 5.74) is 5.35. The molecule has 0 atom stereocenters. The molecule has 4 aromatic rings. The van der Waals surface area contributed by atoms with Crippen molar-refractivity contribution < 1.29 is 17.9 Å². The highest BCUT2D eigenvalue weighted by molar-refractivity contribution is 7.89. The van der Waals surface area contributed by atoms with E-state index in [0.29, 0.717) is 22.9 Å². The van der Waals surface area contributed by atoms with E-state index in [4.69, 9.17) is 21.4 Å². The van der Waals surface area contributed by atoms with Gasteiger partial charge in [-0.05, 0) is 67.1 Å². The Morgan fingerprint density at radius 2 is 1.76 bits per heavy atom. The van der Waals surface area contributed by atoms with Crippen LogP contribution in [0.1, 0.15) is 18.9 Å². The molecule has 1 aromatic heterocycles. The van der Waals surface area contributed by atoms with Crippen LogP contribution in [0.4, 0.5) is 0 Å². The maximum Gasteiger partial charge on any atom is 0.255 e. The van der Waals surface area contributed by atoms with Crippen LogP contribution in [0.3, 0.4) is 0 Å². The van der Waals surface area contributed by atoms with E-state index < -0.39 is 22.5 Å². The van der Waals surface area contributed by atoms with E-state index in [9.17, 15) is 13.2 Å². The lowest BCUT2D eigenvalue weighted by Gasteiger charge is -2.06. The number of hydrogen-bond donors (Lipinski definition) is 2. The largest absolute Gasteiger partial charge is 0.494 e. The SMILES string of the molecule is CCCOc1ccc(-c2nn(-c3ccccc3)cc2/C=N/NC(=O)CNS(=O)(=O)c2ccc(Cl)cc2)cc1. The van der Waals surface area contributed by atoms with Gasteiger partial charge in [-0.15, -0.1) is 0 Å². The fourth-order valence-corrected chi connectivity index (χ4v) is 4.53. The quantitative estimate of drug-likeness (QED) is 0.212. The van der Waals surface area contributed by atoms with Gasteiger partial charge >= 0.3 is 0 Å². The van der Waals surface area contributed by atoms with Crippen LogP contribution in [0, 0.1) is 0 Å². The topological polar surface area (TPSA) is 115 Å². The molecule has 1 amide bonds. The maximum absolute atomic E-state index is 12.4. The molecule has 4 rings (SSSR count). The molecule has 3 aromatic carbocycles. The van der Waals surface area contributed by atoms with Crippen LogP contribution in [0.2, 0.25) is 5.02 Å². The molecule has 0 aliphatic carbocycles. The van der Waals surface area contributed by atoms with Gasteiger partial charge in [-0.25, -0.2) is 23.2 Å². The summed E-state index contributed by atoms with van der Waals surface area (Å²) in [7, 11) is -3.87. The smallest absolute Gasteiger partial charge is 0.255 e. The summed E-state index contributed by atoms with van der Waals surface area (Å²) >= 11 is 5.80. The number of hydrazone groups is 1. The number of hydrogen-bond acceptors (Lipinski definition) is 6. The number of nitrogens with one attached hydrogen (secondary N) is 2. The highest BCUT2D eigenvalue weighted by Crippen LogP contribution is 2.25. The Morgan fingerprint density at radius 1 is 1.05 bits per heavy atom. The van der Waals surface area contributed by atoms with Gasteiger partial charge in [-0.3, -0.25) is 4.79 Å². The van der Waals surface area contributed by atoms with Crippen molar-refractivity contribution in [1.29, 1.82) is 0 Å². The predicted molar refractivity (Wildman–Crippen MR) is 147 cm³/mol. The zero-order valence-electron chi connectivity index (χ0n) is 20.5. The molecule has 9 nitrogen and oxygen atoms in total. The van der Waals surface area contributed by atoms with E-state index in [0.717, 1.165) is 23.4 Å². The third-order valence-electron chi connectivity index (χ3n) is 5.30. The number of halogens is 1. The number of aromatic nitrogens is 2. The van der Waals surface area contributed by atoms with Gasteiger partial charge in [-0.1, -0.05) is 36.7 Å². The van der Waals surface area contributed by atoms with Gasteiger partial charge in [0, 0.05) is 22.3 Å². The number of carbonyl (C=O) groups is 1. The van der Waals surface area contributed by atoms with E-state index in [1.165, 1.54) is 30.5 Å². The highest BCUT2D eigenvalue weighted by Gasteiger charge is 2.15. The number of para-hydroxylation sites is 1. The second-order valence-corrected chi connectivity index (χ2v) is 10.4. The Morgan fingerprint density at radius 3 is 2.45 bits per heavy atom. The number of carbonyl (C=O) groups excluding carboxylic acids is 1. The Bertz CT molecular complexity index is 1500. The van der Waals surface area contributed by atoms with Gasteiger partial charge < -0.3 is 4.74 Å². The number of sulfonamides is 1. The molecule has 0 saturated carbocycles. The summed E-state index contributed by atoms with van der Waals surface area (Å²) in [4.78, 5) is 12.3. The molecule has 0 aliphatic rings. The molecule has 0 aliphatic heterocycles. The van der Waals surface area contributed by atoms with Crippen molar-refractivity contribution in [3.63, 3.8) is 0 Å². The van der Waals surface area contributed by atoms with E-state index >= 15 is 0 Å². The Kier molecular flexibility index (Phi) is 8.90. The first-order chi connectivity index (χ1) is 18.4. The fourth-order valence-electron chi connectivity index (χ4n) is 3.42. The second-order valence-electron chi connectivity index (χ2n) is 8.16. The minimum atomic E-state index is -3.87. The number of rotatable bonds is 11. The molecule has 0 fully saturated rings. The number of benzene rings is 3. The highest BCUT2D eigenvalue weighted by atomic mass is 35.5. The Labute approximate surface area is 226 Å². The minimum absolute atomic E-state index is 0.00211. The van der Waals surface area contributed by atoms with Crippen LogP contribution in [0.15, 0.2) is 95.1 Å². The van der Waals surface area contributed by atoms with E-state index in [1.807, 2.05) is 61.5 Å². The third-order valence-corrected chi connectivity index (χ3v) is 6.97. The molecule has 2 N–H and O–H groups in total. The second kappa shape index (κ2) is 12.5. The first-order valence-corrected chi connectivity index (χ1v) is 13.7. The summed E-state index contributed by atoms with van der Waals surface area (Å²) < 4.78 is 34.4. The summed E-state index contributed by atoms with van der Waals surface area (Å²) in [6, 6.07) is 22.8. The standard InChI is InChI=1S/C27H26ClN5O4S/c1-2-16-37-24-12-8-20(9-13-24)27-21(19-33(32-27)23-6-4-3-5-7-23)17-29-31-26(34)18-30-38(35,36)25-14-10-22(28)11-15-25/h3-15,17,19,30H,2,16,18H2,1H3,(H,31,34)/b29-17+. The van der Waals surface area contributed by atoms with Gasteiger partial charge in [-0.2, -0.15) is 10.2 Å². The molecule has 0 bridgehead atoms. The summed E-state index contributed by atoms with van der Waals surface area (Å²) in [5.74, 6) is 0.134. The third kappa shape index (κ3) is 7.06. The maximum atomic E-state index is 12.4. The van der Waals surface area contributed by atoms with Crippen LogP contribution >= 0.6 is 11.6 Å². The molecule has 196 valence electrons. The Balaban J connectivity index is 1.48. The molecule has 0 saturated heterocycles. The minimum Gasteiger partial charge on any atom is -0.494 e. The van der Waals surface area contributed by atoms with Crippen LogP contribution in [-0.2, 0) is 14.8 Å². The molecular formula is C27H26ClN5O4S. The van der Waals surface area contributed by atoms with Crippen LogP contribution in [0.25, 0.3) is 16.9 Å². The van der Waals surface area contributed by atoms with Gasteiger partial charge in [0.1, 0.15) is 11.4 Å². The summed E-state index contributed by atoms with van der Waals surface area (Å²) in [6.45, 7) is 2.19. The lowest BCUT2D eigenvalue weighted by Crippen LogP contribution is -2.34. The van der Waals surface area contributed by atoms with Crippen molar-refractivity contribution in [2.75, 3.05) is 13.2 Å².